The van der Waals surface area contributed by atoms with Crippen LogP contribution < -0.4 is 10.1 Å². The van der Waals surface area contributed by atoms with E-state index >= 15 is 0 Å². The number of anilines is 1. The van der Waals surface area contributed by atoms with Gasteiger partial charge in [0.25, 0.3) is 0 Å². The fourth-order valence-corrected chi connectivity index (χ4v) is 8.02. The van der Waals surface area contributed by atoms with Crippen molar-refractivity contribution in [3.8, 4) is 16.3 Å². The Balaban J connectivity index is 1.40. The molecule has 1 N–H and O–H groups in total. The van der Waals surface area contributed by atoms with E-state index in [-0.39, 0.29) is 23.2 Å². The van der Waals surface area contributed by atoms with Gasteiger partial charge in [-0.15, -0.1) is 22.7 Å². The Morgan fingerprint density at radius 2 is 1.87 bits per heavy atom. The van der Waals surface area contributed by atoms with Gasteiger partial charge in [-0.2, -0.15) is 0 Å². The van der Waals surface area contributed by atoms with Gasteiger partial charge in [-0.05, 0) is 55.3 Å². The minimum atomic E-state index is -3.66. The van der Waals surface area contributed by atoms with Crippen LogP contribution in [0.4, 0.5) is 9.80 Å². The van der Waals surface area contributed by atoms with Crippen LogP contribution in [0.25, 0.3) is 20.8 Å². The standard InChI is InChI=1S/C27H27N3O6S3/c1-3-36-27(32)30-14-12-19-22(16-30)38-26(24(19)25-28-20-6-4-5-7-21(20)37-25)29-23(31)13-15-39(33,34)18-10-8-17(35-2)9-11-18/h4-11H,3,12-16H2,1-2H3,(H,29,31). The van der Waals surface area contributed by atoms with Crippen LogP contribution in [0, 0.1) is 0 Å². The van der Waals surface area contributed by atoms with E-state index in [0.29, 0.717) is 36.9 Å². The highest BCUT2D eigenvalue weighted by Crippen LogP contribution is 2.45. The number of rotatable bonds is 8. The SMILES string of the molecule is CCOC(=O)N1CCc2c(sc(NC(=O)CCS(=O)(=O)c3ccc(OC)cc3)c2-c2nc3ccccc3s2)C1. The van der Waals surface area contributed by atoms with Crippen molar-refractivity contribution in [2.45, 2.75) is 31.2 Å². The van der Waals surface area contributed by atoms with Gasteiger partial charge in [-0.1, -0.05) is 12.1 Å². The molecule has 1 aliphatic rings. The van der Waals surface area contributed by atoms with Gasteiger partial charge < -0.3 is 19.7 Å². The molecule has 0 fully saturated rings. The lowest BCUT2D eigenvalue weighted by Crippen LogP contribution is -2.35. The molecule has 4 aromatic rings. The number of nitrogens with zero attached hydrogens (tertiary/aromatic N) is 2. The summed E-state index contributed by atoms with van der Waals surface area (Å²) in [4.78, 5) is 32.9. The van der Waals surface area contributed by atoms with Gasteiger partial charge in [-0.25, -0.2) is 18.2 Å². The molecule has 5 rings (SSSR count). The second-order valence-electron chi connectivity index (χ2n) is 8.86. The summed E-state index contributed by atoms with van der Waals surface area (Å²) in [6.07, 6.45) is 0.0235. The van der Waals surface area contributed by atoms with E-state index in [1.807, 2.05) is 24.3 Å². The number of thiophene rings is 1. The zero-order valence-electron chi connectivity index (χ0n) is 21.4. The van der Waals surface area contributed by atoms with Crippen molar-refractivity contribution in [1.29, 1.82) is 0 Å². The number of carbonyl (C=O) groups is 2. The number of benzene rings is 2. The Kier molecular flexibility index (Phi) is 7.87. The molecule has 1 aliphatic heterocycles. The topological polar surface area (TPSA) is 115 Å². The summed E-state index contributed by atoms with van der Waals surface area (Å²) in [5, 5.41) is 4.33. The lowest BCUT2D eigenvalue weighted by Gasteiger charge is -2.26. The molecular formula is C27H27N3O6S3. The van der Waals surface area contributed by atoms with E-state index in [9.17, 15) is 18.0 Å². The smallest absolute Gasteiger partial charge is 0.410 e. The number of ether oxygens (including phenoxy) is 2. The van der Waals surface area contributed by atoms with E-state index in [2.05, 4.69) is 5.32 Å². The molecule has 0 spiro atoms. The third kappa shape index (κ3) is 5.77. The van der Waals surface area contributed by atoms with Gasteiger partial charge in [0.1, 0.15) is 15.8 Å². The average Bonchev–Trinajstić information content (AvgIpc) is 3.52. The number of thiazole rings is 1. The fraction of sp³-hybridized carbons (Fsp3) is 0.296. The number of methoxy groups -OCH3 is 1. The van der Waals surface area contributed by atoms with Crippen molar-refractivity contribution >= 4 is 59.7 Å². The van der Waals surface area contributed by atoms with Crippen LogP contribution in [0.5, 0.6) is 5.75 Å². The number of nitrogens with one attached hydrogen (secondary N) is 1. The van der Waals surface area contributed by atoms with Gasteiger partial charge >= 0.3 is 6.09 Å². The van der Waals surface area contributed by atoms with Crippen LogP contribution in [0.15, 0.2) is 53.4 Å². The van der Waals surface area contributed by atoms with Crippen LogP contribution in [0.3, 0.4) is 0 Å². The molecule has 39 heavy (non-hydrogen) atoms. The van der Waals surface area contributed by atoms with Crippen molar-refractivity contribution < 1.29 is 27.5 Å². The van der Waals surface area contributed by atoms with Crippen LogP contribution in [0.1, 0.15) is 23.8 Å². The van der Waals surface area contributed by atoms with Crippen molar-refractivity contribution in [2.24, 2.45) is 0 Å². The predicted octanol–water partition coefficient (Wildman–Crippen LogP) is 5.35. The maximum Gasteiger partial charge on any atom is 0.410 e. The molecule has 0 saturated carbocycles. The molecular weight excluding hydrogens is 559 g/mol. The lowest BCUT2D eigenvalue weighted by molar-refractivity contribution is -0.115. The van der Waals surface area contributed by atoms with Gasteiger partial charge in [0.2, 0.25) is 5.91 Å². The van der Waals surface area contributed by atoms with E-state index < -0.39 is 15.7 Å². The quantitative estimate of drug-likeness (QED) is 0.296. The zero-order chi connectivity index (χ0) is 27.6. The third-order valence-corrected chi connectivity index (χ3v) is 10.3. The molecule has 2 amide bonds. The second-order valence-corrected chi connectivity index (χ2v) is 13.1. The summed E-state index contributed by atoms with van der Waals surface area (Å²) >= 11 is 2.93. The van der Waals surface area contributed by atoms with Gasteiger partial charge in [0, 0.05) is 23.4 Å². The first kappa shape index (κ1) is 27.1. The Bertz CT molecular complexity index is 1590. The van der Waals surface area contributed by atoms with Crippen LogP contribution in [0.2, 0.25) is 0 Å². The van der Waals surface area contributed by atoms with Gasteiger partial charge in [0.05, 0.1) is 41.1 Å². The van der Waals surface area contributed by atoms with E-state index in [1.54, 1.807) is 24.0 Å². The Labute approximate surface area is 234 Å². The maximum atomic E-state index is 13.0. The molecule has 9 nitrogen and oxygen atoms in total. The minimum Gasteiger partial charge on any atom is -0.497 e. The minimum absolute atomic E-state index is 0.136. The molecule has 0 atom stereocenters. The Morgan fingerprint density at radius 3 is 2.59 bits per heavy atom. The zero-order valence-corrected chi connectivity index (χ0v) is 23.9. The lowest BCUT2D eigenvalue weighted by atomic mass is 10.0. The number of sulfone groups is 1. The molecule has 0 unspecified atom stereocenters. The molecule has 2 aromatic heterocycles. The van der Waals surface area contributed by atoms with E-state index in [4.69, 9.17) is 14.5 Å². The molecule has 0 aliphatic carbocycles. The molecule has 2 aromatic carbocycles. The first-order valence-electron chi connectivity index (χ1n) is 12.4. The van der Waals surface area contributed by atoms with Crippen molar-refractivity contribution in [3.63, 3.8) is 0 Å². The summed E-state index contributed by atoms with van der Waals surface area (Å²) in [6.45, 7) is 2.93. The van der Waals surface area contributed by atoms with E-state index in [1.165, 1.54) is 41.9 Å². The van der Waals surface area contributed by atoms with Crippen molar-refractivity contribution in [2.75, 3.05) is 31.3 Å². The average molecular weight is 586 g/mol. The van der Waals surface area contributed by atoms with Crippen LogP contribution >= 0.6 is 22.7 Å². The second kappa shape index (κ2) is 11.3. The monoisotopic (exact) mass is 585 g/mol. The summed E-state index contributed by atoms with van der Waals surface area (Å²) in [6, 6.07) is 13.9. The summed E-state index contributed by atoms with van der Waals surface area (Å²) in [7, 11) is -2.15. The van der Waals surface area contributed by atoms with Crippen LogP contribution in [-0.4, -0.2) is 56.3 Å². The number of aromatic nitrogens is 1. The molecule has 12 heteroatoms. The summed E-state index contributed by atoms with van der Waals surface area (Å²) in [5.74, 6) is -0.184. The van der Waals surface area contributed by atoms with Crippen molar-refractivity contribution in [1.82, 2.24) is 9.88 Å². The Morgan fingerprint density at radius 1 is 1.10 bits per heavy atom. The highest BCUT2D eigenvalue weighted by molar-refractivity contribution is 7.91. The highest BCUT2D eigenvalue weighted by atomic mass is 32.2. The number of hydrogen-bond acceptors (Lipinski definition) is 9. The third-order valence-electron chi connectivity index (χ3n) is 6.36. The van der Waals surface area contributed by atoms with Gasteiger partial charge in [0.15, 0.2) is 9.84 Å². The van der Waals surface area contributed by atoms with E-state index in [0.717, 1.165) is 31.2 Å². The first-order valence-corrected chi connectivity index (χ1v) is 15.7. The van der Waals surface area contributed by atoms with Crippen molar-refractivity contribution in [3.05, 3.63) is 59.0 Å². The number of amides is 2. The number of fused-ring (bicyclic) bond motifs is 2. The predicted molar refractivity (Wildman–Crippen MR) is 152 cm³/mol. The first-order chi connectivity index (χ1) is 18.8. The molecule has 0 saturated heterocycles. The molecule has 3 heterocycles. The van der Waals surface area contributed by atoms with Crippen LogP contribution in [-0.2, 0) is 32.3 Å². The summed E-state index contributed by atoms with van der Waals surface area (Å²) < 4.78 is 36.9. The molecule has 0 radical (unpaired) electrons. The van der Waals surface area contributed by atoms with Gasteiger partial charge in [-0.3, -0.25) is 4.79 Å². The maximum absolute atomic E-state index is 13.0. The number of para-hydroxylation sites is 1. The molecule has 204 valence electrons. The number of hydrogen-bond donors (Lipinski definition) is 1. The molecule has 0 bridgehead atoms. The normalized spacial score (nSPS) is 13.2. The Hall–Kier alpha value is -3.48. The highest BCUT2D eigenvalue weighted by Gasteiger charge is 2.30. The summed E-state index contributed by atoms with van der Waals surface area (Å²) in [5.41, 5.74) is 2.75. The number of carbonyl (C=O) groups excluding carboxylic acids is 2. The fourth-order valence-electron chi connectivity index (χ4n) is 4.38. The largest absolute Gasteiger partial charge is 0.497 e.